The number of benzene rings is 1. The summed E-state index contributed by atoms with van der Waals surface area (Å²) in [4.78, 5) is 0. The van der Waals surface area contributed by atoms with Crippen molar-refractivity contribution in [1.82, 2.24) is 4.72 Å². The van der Waals surface area contributed by atoms with Crippen LogP contribution in [0, 0.1) is 0 Å². The summed E-state index contributed by atoms with van der Waals surface area (Å²) >= 11 is 3.37. The van der Waals surface area contributed by atoms with Crippen LogP contribution in [0.3, 0.4) is 0 Å². The first-order valence-corrected chi connectivity index (χ1v) is 8.15. The summed E-state index contributed by atoms with van der Waals surface area (Å²) < 4.78 is 27.6. The molecule has 2 rings (SSSR count). The van der Waals surface area contributed by atoms with Crippen molar-refractivity contribution in [2.24, 2.45) is 0 Å². The van der Waals surface area contributed by atoms with Crippen molar-refractivity contribution in [3.05, 3.63) is 34.3 Å². The molecule has 17 heavy (non-hydrogen) atoms. The highest BCUT2D eigenvalue weighted by Gasteiger charge is 2.28. The lowest BCUT2D eigenvalue weighted by Gasteiger charge is -2.12. The maximum Gasteiger partial charge on any atom is 0.214 e. The van der Waals surface area contributed by atoms with Gasteiger partial charge in [0.1, 0.15) is 0 Å². The fourth-order valence-electron chi connectivity index (χ4n) is 2.15. The average Bonchev–Trinajstić information content (AvgIpc) is 2.81. The summed E-state index contributed by atoms with van der Waals surface area (Å²) in [6.07, 6.45) is 3.66. The molecular weight excluding hydrogens is 302 g/mol. The zero-order chi connectivity index (χ0) is 12.3. The molecule has 0 atom stereocenters. The summed E-state index contributed by atoms with van der Waals surface area (Å²) in [5, 5.41) is -0.186. The normalized spacial score (nSPS) is 17.5. The zero-order valence-electron chi connectivity index (χ0n) is 9.52. The minimum absolute atomic E-state index is 0.186. The Morgan fingerprint density at radius 3 is 2.65 bits per heavy atom. The van der Waals surface area contributed by atoms with E-state index in [1.54, 1.807) is 0 Å². The van der Waals surface area contributed by atoms with Crippen molar-refractivity contribution in [2.45, 2.75) is 37.5 Å². The van der Waals surface area contributed by atoms with Gasteiger partial charge in [0.2, 0.25) is 10.0 Å². The number of nitrogens with one attached hydrogen (secondary N) is 1. The molecule has 0 saturated heterocycles. The molecule has 1 aliphatic rings. The van der Waals surface area contributed by atoms with Crippen LogP contribution >= 0.6 is 15.9 Å². The smallest absolute Gasteiger partial charge is 0.212 e. The van der Waals surface area contributed by atoms with Crippen LogP contribution in [0.5, 0.6) is 0 Å². The van der Waals surface area contributed by atoms with Gasteiger partial charge in [-0.25, -0.2) is 13.1 Å². The first-order valence-electron chi connectivity index (χ1n) is 5.81. The van der Waals surface area contributed by atoms with Crippen LogP contribution in [0.4, 0.5) is 0 Å². The SMILES string of the molecule is O=S(=O)(NCc1cccc(Br)c1)C1CCCC1. The molecule has 0 unspecified atom stereocenters. The lowest BCUT2D eigenvalue weighted by Crippen LogP contribution is -2.32. The molecule has 1 aliphatic carbocycles. The highest BCUT2D eigenvalue weighted by molar-refractivity contribution is 9.10. The Bertz CT molecular complexity index is 481. The summed E-state index contributed by atoms with van der Waals surface area (Å²) in [6.45, 7) is 0.373. The Hall–Kier alpha value is -0.390. The summed E-state index contributed by atoms with van der Waals surface area (Å²) in [6, 6.07) is 7.68. The fraction of sp³-hybridized carbons (Fsp3) is 0.500. The van der Waals surface area contributed by atoms with Gasteiger partial charge in [0.25, 0.3) is 0 Å². The Labute approximate surface area is 111 Å². The van der Waals surface area contributed by atoms with E-state index in [1.807, 2.05) is 24.3 Å². The Balaban J connectivity index is 1.97. The summed E-state index contributed by atoms with van der Waals surface area (Å²) in [5.41, 5.74) is 0.973. The van der Waals surface area contributed by atoms with Crippen molar-refractivity contribution in [3.63, 3.8) is 0 Å². The predicted octanol–water partition coefficient (Wildman–Crippen LogP) is 2.81. The molecule has 0 amide bonds. The second kappa shape index (κ2) is 5.50. The number of hydrogen-bond acceptors (Lipinski definition) is 2. The second-order valence-corrected chi connectivity index (χ2v) is 7.36. The Morgan fingerprint density at radius 2 is 2.00 bits per heavy atom. The second-order valence-electron chi connectivity index (χ2n) is 4.40. The number of rotatable bonds is 4. The standard InChI is InChI=1S/C12H16BrNO2S/c13-11-5-3-4-10(8-11)9-14-17(15,16)12-6-1-2-7-12/h3-5,8,12,14H,1-2,6-7,9H2. The number of sulfonamides is 1. The molecular formula is C12H16BrNO2S. The van der Waals surface area contributed by atoms with E-state index in [-0.39, 0.29) is 5.25 Å². The molecule has 5 heteroatoms. The van der Waals surface area contributed by atoms with Gasteiger partial charge < -0.3 is 0 Å². The van der Waals surface area contributed by atoms with Crippen LogP contribution in [-0.2, 0) is 16.6 Å². The monoisotopic (exact) mass is 317 g/mol. The molecule has 3 nitrogen and oxygen atoms in total. The molecule has 1 aromatic carbocycles. The maximum absolute atomic E-state index is 12.0. The van der Waals surface area contributed by atoms with Gasteiger partial charge >= 0.3 is 0 Å². The van der Waals surface area contributed by atoms with Gasteiger partial charge in [0.05, 0.1) is 5.25 Å². The molecule has 1 saturated carbocycles. The van der Waals surface area contributed by atoms with E-state index in [1.165, 1.54) is 0 Å². The van der Waals surface area contributed by atoms with Crippen molar-refractivity contribution in [3.8, 4) is 0 Å². The molecule has 0 bridgehead atoms. The van der Waals surface area contributed by atoms with Crippen molar-refractivity contribution < 1.29 is 8.42 Å². The van der Waals surface area contributed by atoms with Crippen LogP contribution in [0.25, 0.3) is 0 Å². The average molecular weight is 318 g/mol. The third-order valence-corrected chi connectivity index (χ3v) is 5.50. The quantitative estimate of drug-likeness (QED) is 0.928. The molecule has 1 fully saturated rings. The van der Waals surface area contributed by atoms with E-state index in [2.05, 4.69) is 20.7 Å². The van der Waals surface area contributed by atoms with E-state index in [9.17, 15) is 8.42 Å². The van der Waals surface area contributed by atoms with Gasteiger partial charge in [0, 0.05) is 11.0 Å². The Morgan fingerprint density at radius 1 is 1.29 bits per heavy atom. The van der Waals surface area contributed by atoms with E-state index in [0.29, 0.717) is 6.54 Å². The van der Waals surface area contributed by atoms with Gasteiger partial charge in [-0.1, -0.05) is 40.9 Å². The van der Waals surface area contributed by atoms with Gasteiger partial charge in [-0.2, -0.15) is 0 Å². The van der Waals surface area contributed by atoms with Gasteiger partial charge in [-0.05, 0) is 30.5 Å². The largest absolute Gasteiger partial charge is 0.214 e. The van der Waals surface area contributed by atoms with E-state index >= 15 is 0 Å². The lowest BCUT2D eigenvalue weighted by molar-refractivity contribution is 0.564. The molecule has 0 aromatic heterocycles. The molecule has 1 aromatic rings. The van der Waals surface area contributed by atoms with Gasteiger partial charge in [-0.3, -0.25) is 0 Å². The first kappa shape index (κ1) is 13.1. The van der Waals surface area contributed by atoms with Crippen LogP contribution in [0.2, 0.25) is 0 Å². The maximum atomic E-state index is 12.0. The van der Waals surface area contributed by atoms with Gasteiger partial charge in [0.15, 0.2) is 0 Å². The first-order chi connectivity index (χ1) is 8.08. The molecule has 94 valence electrons. The van der Waals surface area contributed by atoms with Crippen LogP contribution < -0.4 is 4.72 Å². The summed E-state index contributed by atoms with van der Waals surface area (Å²) in [7, 11) is -3.14. The van der Waals surface area contributed by atoms with Crippen molar-refractivity contribution >= 4 is 26.0 Å². The van der Waals surface area contributed by atoms with Crippen molar-refractivity contribution in [2.75, 3.05) is 0 Å². The predicted molar refractivity (Wildman–Crippen MR) is 72.2 cm³/mol. The van der Waals surface area contributed by atoms with Crippen LogP contribution in [-0.4, -0.2) is 13.7 Å². The lowest BCUT2D eigenvalue weighted by atomic mass is 10.2. The van der Waals surface area contributed by atoms with Crippen LogP contribution in [0.15, 0.2) is 28.7 Å². The number of hydrogen-bond donors (Lipinski definition) is 1. The van der Waals surface area contributed by atoms with Crippen molar-refractivity contribution in [1.29, 1.82) is 0 Å². The van der Waals surface area contributed by atoms with Gasteiger partial charge in [-0.15, -0.1) is 0 Å². The molecule has 0 spiro atoms. The minimum Gasteiger partial charge on any atom is -0.212 e. The van der Waals surface area contributed by atoms with E-state index in [0.717, 1.165) is 35.7 Å². The third kappa shape index (κ3) is 3.53. The minimum atomic E-state index is -3.14. The molecule has 0 heterocycles. The highest BCUT2D eigenvalue weighted by atomic mass is 79.9. The van der Waals surface area contributed by atoms with Crippen LogP contribution in [0.1, 0.15) is 31.2 Å². The number of halogens is 1. The summed E-state index contributed by atoms with van der Waals surface area (Å²) in [5.74, 6) is 0. The third-order valence-electron chi connectivity index (χ3n) is 3.11. The van der Waals surface area contributed by atoms with E-state index in [4.69, 9.17) is 0 Å². The molecule has 1 N–H and O–H groups in total. The zero-order valence-corrected chi connectivity index (χ0v) is 11.9. The highest BCUT2D eigenvalue weighted by Crippen LogP contribution is 2.24. The fourth-order valence-corrected chi connectivity index (χ4v) is 4.15. The Kier molecular flexibility index (Phi) is 4.22. The molecule has 0 radical (unpaired) electrons. The van der Waals surface area contributed by atoms with E-state index < -0.39 is 10.0 Å². The molecule has 0 aliphatic heterocycles. The topological polar surface area (TPSA) is 46.2 Å².